The Morgan fingerprint density at radius 2 is 1.83 bits per heavy atom. The molecule has 3 aromatic rings. The third-order valence-corrected chi connectivity index (χ3v) is 4.91. The van der Waals surface area contributed by atoms with Crippen LogP contribution in [0.15, 0.2) is 36.4 Å². The number of fused-ring (bicyclic) bond motifs is 1. The highest BCUT2D eigenvalue weighted by molar-refractivity contribution is 5.98. The fourth-order valence-electron chi connectivity index (χ4n) is 3.12. The molecule has 0 saturated carbocycles. The van der Waals surface area contributed by atoms with Crippen molar-refractivity contribution < 1.29 is 14.3 Å². The normalized spacial score (nSPS) is 10.8. The van der Waals surface area contributed by atoms with Crippen molar-refractivity contribution in [3.05, 3.63) is 58.9 Å². The van der Waals surface area contributed by atoms with Crippen molar-refractivity contribution in [1.29, 1.82) is 0 Å². The fourth-order valence-corrected chi connectivity index (χ4v) is 3.12. The molecule has 1 aromatic heterocycles. The fraction of sp³-hybridized carbons (Fsp3) is 0.318. The van der Waals surface area contributed by atoms with Gasteiger partial charge in [0.15, 0.2) is 0 Å². The maximum absolute atomic E-state index is 12.3. The zero-order valence-electron chi connectivity index (χ0n) is 17.2. The van der Waals surface area contributed by atoms with Crippen LogP contribution in [-0.2, 0) is 11.3 Å². The molecule has 3 rings (SSSR count). The van der Waals surface area contributed by atoms with Crippen LogP contribution in [0.25, 0.3) is 11.0 Å². The van der Waals surface area contributed by atoms with Crippen molar-refractivity contribution in [1.82, 2.24) is 20.4 Å². The summed E-state index contributed by atoms with van der Waals surface area (Å²) < 4.78 is 7.67. The number of rotatable bonds is 6. The Kier molecular flexibility index (Phi) is 6.16. The van der Waals surface area contributed by atoms with Crippen LogP contribution >= 0.6 is 0 Å². The van der Waals surface area contributed by atoms with E-state index in [1.807, 2.05) is 52.0 Å². The minimum Gasteiger partial charge on any atom is -0.493 e. The standard InChI is InChI=1S/C22H26N4O3/c1-5-26-16(4)23-19-13-17(7-9-20(19)26)22(28)25-24-21(27)10-11-29-18-8-6-14(2)15(3)12-18/h6-9,12-13H,5,10-11H2,1-4H3,(H,24,27)(H,25,28). The van der Waals surface area contributed by atoms with E-state index in [9.17, 15) is 9.59 Å². The number of hydrogen-bond acceptors (Lipinski definition) is 4. The second-order valence-electron chi connectivity index (χ2n) is 6.95. The predicted molar refractivity (Wildman–Crippen MR) is 112 cm³/mol. The second-order valence-corrected chi connectivity index (χ2v) is 6.95. The number of carbonyl (C=O) groups is 2. The van der Waals surface area contributed by atoms with E-state index in [-0.39, 0.29) is 24.8 Å². The van der Waals surface area contributed by atoms with Gasteiger partial charge in [-0.15, -0.1) is 0 Å². The van der Waals surface area contributed by atoms with E-state index in [1.54, 1.807) is 12.1 Å². The number of aryl methyl sites for hydroxylation is 4. The van der Waals surface area contributed by atoms with E-state index in [4.69, 9.17) is 4.74 Å². The molecule has 1 heterocycles. The maximum atomic E-state index is 12.3. The van der Waals surface area contributed by atoms with Gasteiger partial charge in [-0.3, -0.25) is 20.4 Å². The SMILES string of the molecule is CCn1c(C)nc2cc(C(=O)NNC(=O)CCOc3ccc(C)c(C)c3)ccc21. The van der Waals surface area contributed by atoms with E-state index < -0.39 is 0 Å². The van der Waals surface area contributed by atoms with Crippen molar-refractivity contribution >= 4 is 22.8 Å². The lowest BCUT2D eigenvalue weighted by Gasteiger charge is -2.10. The minimum absolute atomic E-state index is 0.131. The molecule has 0 saturated heterocycles. The van der Waals surface area contributed by atoms with Gasteiger partial charge >= 0.3 is 0 Å². The first-order chi connectivity index (χ1) is 13.9. The van der Waals surface area contributed by atoms with Gasteiger partial charge in [0.2, 0.25) is 5.91 Å². The van der Waals surface area contributed by atoms with Crippen LogP contribution in [0, 0.1) is 20.8 Å². The summed E-state index contributed by atoms with van der Waals surface area (Å²) in [7, 11) is 0. The third kappa shape index (κ3) is 4.74. The van der Waals surface area contributed by atoms with Gasteiger partial charge in [-0.25, -0.2) is 4.98 Å². The summed E-state index contributed by atoms with van der Waals surface area (Å²) in [6.45, 7) is 9.06. The number of aromatic nitrogens is 2. The predicted octanol–water partition coefficient (Wildman–Crippen LogP) is 3.21. The molecule has 7 heteroatoms. The number of imidazole rings is 1. The van der Waals surface area contributed by atoms with Crippen LogP contribution in [0.4, 0.5) is 0 Å². The van der Waals surface area contributed by atoms with E-state index in [1.165, 1.54) is 5.56 Å². The van der Waals surface area contributed by atoms with Crippen molar-refractivity contribution in [2.45, 2.75) is 40.7 Å². The molecule has 7 nitrogen and oxygen atoms in total. The number of benzene rings is 2. The lowest BCUT2D eigenvalue weighted by atomic mass is 10.1. The smallest absolute Gasteiger partial charge is 0.269 e. The average molecular weight is 394 g/mol. The summed E-state index contributed by atoms with van der Waals surface area (Å²) in [6, 6.07) is 11.1. The Morgan fingerprint density at radius 3 is 2.55 bits per heavy atom. The Balaban J connectivity index is 1.50. The lowest BCUT2D eigenvalue weighted by molar-refractivity contribution is -0.122. The topological polar surface area (TPSA) is 85.3 Å². The maximum Gasteiger partial charge on any atom is 0.269 e. The summed E-state index contributed by atoms with van der Waals surface area (Å²) in [5.41, 5.74) is 9.35. The number of carbonyl (C=O) groups excluding carboxylic acids is 2. The molecule has 0 radical (unpaired) electrons. The molecule has 0 aliphatic rings. The van der Waals surface area contributed by atoms with Crippen molar-refractivity contribution in [2.24, 2.45) is 0 Å². The first-order valence-electron chi connectivity index (χ1n) is 9.65. The molecular formula is C22H26N4O3. The Bertz CT molecular complexity index is 1060. The largest absolute Gasteiger partial charge is 0.493 e. The highest BCUT2D eigenvalue weighted by atomic mass is 16.5. The van der Waals surface area contributed by atoms with Crippen LogP contribution < -0.4 is 15.6 Å². The third-order valence-electron chi connectivity index (χ3n) is 4.91. The summed E-state index contributed by atoms with van der Waals surface area (Å²) >= 11 is 0. The zero-order chi connectivity index (χ0) is 21.0. The van der Waals surface area contributed by atoms with Crippen LogP contribution in [0.3, 0.4) is 0 Å². The molecule has 0 aliphatic carbocycles. The van der Waals surface area contributed by atoms with Gasteiger partial charge in [-0.05, 0) is 69.2 Å². The van der Waals surface area contributed by atoms with Gasteiger partial charge in [0.1, 0.15) is 11.6 Å². The highest BCUT2D eigenvalue weighted by Crippen LogP contribution is 2.18. The highest BCUT2D eigenvalue weighted by Gasteiger charge is 2.12. The van der Waals surface area contributed by atoms with E-state index in [2.05, 4.69) is 20.4 Å². The van der Waals surface area contributed by atoms with E-state index >= 15 is 0 Å². The lowest BCUT2D eigenvalue weighted by Crippen LogP contribution is -2.42. The Labute approximate surface area is 170 Å². The van der Waals surface area contributed by atoms with Gasteiger partial charge < -0.3 is 9.30 Å². The van der Waals surface area contributed by atoms with E-state index in [0.29, 0.717) is 5.56 Å². The average Bonchev–Trinajstić information content (AvgIpc) is 3.02. The van der Waals surface area contributed by atoms with Gasteiger partial charge in [-0.1, -0.05) is 6.07 Å². The van der Waals surface area contributed by atoms with Crippen LogP contribution in [-0.4, -0.2) is 28.0 Å². The molecule has 2 N–H and O–H groups in total. The molecule has 0 spiro atoms. The second kappa shape index (κ2) is 8.77. The Morgan fingerprint density at radius 1 is 1.03 bits per heavy atom. The molecule has 29 heavy (non-hydrogen) atoms. The molecule has 2 amide bonds. The number of nitrogens with one attached hydrogen (secondary N) is 2. The number of ether oxygens (including phenoxy) is 1. The van der Waals surface area contributed by atoms with E-state index in [0.717, 1.165) is 34.7 Å². The molecule has 0 aliphatic heterocycles. The van der Waals surface area contributed by atoms with Crippen molar-refractivity contribution in [2.75, 3.05) is 6.61 Å². The quantitative estimate of drug-likeness (QED) is 0.629. The summed E-state index contributed by atoms with van der Waals surface area (Å²) in [6.07, 6.45) is 0.131. The Hall–Kier alpha value is -3.35. The number of hydrazine groups is 1. The molecular weight excluding hydrogens is 368 g/mol. The van der Waals surface area contributed by atoms with Gasteiger partial charge in [0.25, 0.3) is 5.91 Å². The van der Waals surface area contributed by atoms with Crippen molar-refractivity contribution in [3.8, 4) is 5.75 Å². The van der Waals surface area contributed by atoms with Gasteiger partial charge in [-0.2, -0.15) is 0 Å². The molecule has 152 valence electrons. The number of amides is 2. The van der Waals surface area contributed by atoms with Crippen LogP contribution in [0.2, 0.25) is 0 Å². The molecule has 0 unspecified atom stereocenters. The number of nitrogens with zero attached hydrogens (tertiary/aromatic N) is 2. The zero-order valence-corrected chi connectivity index (χ0v) is 17.2. The summed E-state index contributed by atoms with van der Waals surface area (Å²) in [4.78, 5) is 28.8. The molecule has 2 aromatic carbocycles. The van der Waals surface area contributed by atoms with Gasteiger partial charge in [0.05, 0.1) is 24.1 Å². The molecule has 0 atom stereocenters. The summed E-state index contributed by atoms with van der Waals surface area (Å²) in [5, 5.41) is 0. The number of hydrogen-bond donors (Lipinski definition) is 2. The molecule has 0 fully saturated rings. The summed E-state index contributed by atoms with van der Waals surface area (Å²) in [5.74, 6) is 0.908. The molecule has 0 bridgehead atoms. The van der Waals surface area contributed by atoms with Crippen LogP contribution in [0.1, 0.15) is 40.7 Å². The van der Waals surface area contributed by atoms with Crippen LogP contribution in [0.5, 0.6) is 5.75 Å². The first-order valence-corrected chi connectivity index (χ1v) is 9.65. The van der Waals surface area contributed by atoms with Crippen molar-refractivity contribution in [3.63, 3.8) is 0 Å². The van der Waals surface area contributed by atoms with Gasteiger partial charge in [0, 0.05) is 12.1 Å². The first kappa shape index (κ1) is 20.4. The minimum atomic E-state index is -0.390. The monoisotopic (exact) mass is 394 g/mol.